The number of nitrogens with one attached hydrogen (secondary N) is 1. The van der Waals surface area contributed by atoms with E-state index in [1.807, 2.05) is 24.3 Å². The van der Waals surface area contributed by atoms with E-state index in [2.05, 4.69) is 19.2 Å². The fourth-order valence-corrected chi connectivity index (χ4v) is 2.82. The van der Waals surface area contributed by atoms with Crippen LogP contribution in [0.2, 0.25) is 0 Å². The quantitative estimate of drug-likeness (QED) is 0.804. The fraction of sp³-hybridized carbons (Fsp3) is 0.333. The molecule has 2 rings (SSSR count). The number of anilines is 2. The number of hydrogen-bond acceptors (Lipinski definition) is 4. The number of benzene rings is 2. The highest BCUT2D eigenvalue weighted by molar-refractivity contribution is 6.03. The maximum atomic E-state index is 12.7. The van der Waals surface area contributed by atoms with Crippen LogP contribution in [0.4, 0.5) is 11.4 Å². The molecule has 0 bridgehead atoms. The minimum Gasteiger partial charge on any atom is -0.497 e. The van der Waals surface area contributed by atoms with Crippen LogP contribution >= 0.6 is 0 Å². The Bertz CT molecular complexity index is 818. The molecule has 2 aromatic carbocycles. The number of methoxy groups -OCH3 is 2. The van der Waals surface area contributed by atoms with E-state index in [-0.39, 0.29) is 24.3 Å². The van der Waals surface area contributed by atoms with E-state index in [4.69, 9.17) is 9.47 Å². The van der Waals surface area contributed by atoms with Crippen molar-refractivity contribution in [2.45, 2.75) is 26.7 Å². The predicted molar refractivity (Wildman–Crippen MR) is 107 cm³/mol. The molecule has 1 N–H and O–H groups in total. The zero-order chi connectivity index (χ0) is 20.0. The highest BCUT2D eigenvalue weighted by atomic mass is 16.5. The van der Waals surface area contributed by atoms with E-state index in [1.54, 1.807) is 25.3 Å². The van der Waals surface area contributed by atoms with Gasteiger partial charge in [-0.3, -0.25) is 14.5 Å². The Morgan fingerprint density at radius 2 is 1.78 bits per heavy atom. The number of rotatable bonds is 7. The molecule has 0 saturated heterocycles. The minimum absolute atomic E-state index is 0.134. The van der Waals surface area contributed by atoms with E-state index in [9.17, 15) is 9.59 Å². The molecule has 0 spiro atoms. The van der Waals surface area contributed by atoms with Gasteiger partial charge in [-0.05, 0) is 29.7 Å². The molecule has 0 aliphatic heterocycles. The second-order valence-electron chi connectivity index (χ2n) is 6.43. The molecule has 0 fully saturated rings. The van der Waals surface area contributed by atoms with Crippen LogP contribution in [0.3, 0.4) is 0 Å². The summed E-state index contributed by atoms with van der Waals surface area (Å²) in [6, 6.07) is 12.8. The third kappa shape index (κ3) is 5.00. The Labute approximate surface area is 160 Å². The second-order valence-corrected chi connectivity index (χ2v) is 6.43. The third-order valence-electron chi connectivity index (χ3n) is 4.22. The Kier molecular flexibility index (Phi) is 6.82. The summed E-state index contributed by atoms with van der Waals surface area (Å²) >= 11 is 0. The second kappa shape index (κ2) is 9.07. The van der Waals surface area contributed by atoms with E-state index in [0.29, 0.717) is 17.2 Å². The highest BCUT2D eigenvalue weighted by Crippen LogP contribution is 2.32. The summed E-state index contributed by atoms with van der Waals surface area (Å²) in [6.45, 7) is 5.40. The largest absolute Gasteiger partial charge is 0.497 e. The maximum Gasteiger partial charge on any atom is 0.244 e. The van der Waals surface area contributed by atoms with Gasteiger partial charge in [-0.1, -0.05) is 32.0 Å². The topological polar surface area (TPSA) is 67.9 Å². The lowest BCUT2D eigenvalue weighted by atomic mass is 10.0. The van der Waals surface area contributed by atoms with Crippen molar-refractivity contribution in [1.82, 2.24) is 0 Å². The van der Waals surface area contributed by atoms with Crippen LogP contribution in [0, 0.1) is 0 Å². The van der Waals surface area contributed by atoms with Gasteiger partial charge in [-0.2, -0.15) is 0 Å². The van der Waals surface area contributed by atoms with Gasteiger partial charge in [0.25, 0.3) is 0 Å². The van der Waals surface area contributed by atoms with Gasteiger partial charge < -0.3 is 14.8 Å². The van der Waals surface area contributed by atoms with E-state index in [0.717, 1.165) is 11.3 Å². The van der Waals surface area contributed by atoms with Crippen molar-refractivity contribution >= 4 is 23.2 Å². The molecule has 0 aromatic heterocycles. The maximum absolute atomic E-state index is 12.7. The zero-order valence-corrected chi connectivity index (χ0v) is 16.4. The molecule has 0 unspecified atom stereocenters. The van der Waals surface area contributed by atoms with Gasteiger partial charge in [0.05, 0.1) is 19.9 Å². The summed E-state index contributed by atoms with van der Waals surface area (Å²) in [5, 5.41) is 2.91. The van der Waals surface area contributed by atoms with Crippen LogP contribution < -0.4 is 19.7 Å². The zero-order valence-electron chi connectivity index (χ0n) is 16.4. The predicted octanol–water partition coefficient (Wildman–Crippen LogP) is 3.82. The first-order chi connectivity index (χ1) is 12.9. The highest BCUT2D eigenvalue weighted by Gasteiger charge is 2.21. The number of carbonyl (C=O) groups excluding carboxylic acids is 2. The molecule has 27 heavy (non-hydrogen) atoms. The molecule has 0 aliphatic carbocycles. The van der Waals surface area contributed by atoms with Crippen LogP contribution in [0.1, 0.15) is 32.3 Å². The summed E-state index contributed by atoms with van der Waals surface area (Å²) in [4.78, 5) is 26.2. The van der Waals surface area contributed by atoms with E-state index in [1.165, 1.54) is 18.9 Å². The lowest BCUT2D eigenvalue weighted by Crippen LogP contribution is -2.37. The van der Waals surface area contributed by atoms with Gasteiger partial charge in [0.2, 0.25) is 11.8 Å². The number of amides is 2. The molecule has 144 valence electrons. The number of ether oxygens (including phenoxy) is 2. The molecule has 2 amide bonds. The van der Waals surface area contributed by atoms with Crippen LogP contribution in [0.25, 0.3) is 0 Å². The van der Waals surface area contributed by atoms with Crippen molar-refractivity contribution in [2.75, 3.05) is 31.0 Å². The van der Waals surface area contributed by atoms with Gasteiger partial charge in [-0.15, -0.1) is 0 Å². The number of nitrogens with zero attached hydrogens (tertiary/aromatic N) is 1. The Balaban J connectivity index is 2.27. The van der Waals surface area contributed by atoms with Crippen LogP contribution in [-0.4, -0.2) is 32.6 Å². The van der Waals surface area contributed by atoms with Crippen molar-refractivity contribution in [2.24, 2.45) is 0 Å². The van der Waals surface area contributed by atoms with Gasteiger partial charge in [0, 0.05) is 18.7 Å². The molecule has 0 saturated carbocycles. The molecule has 2 aromatic rings. The minimum atomic E-state index is -0.289. The monoisotopic (exact) mass is 370 g/mol. The van der Waals surface area contributed by atoms with Gasteiger partial charge >= 0.3 is 0 Å². The Morgan fingerprint density at radius 1 is 1.07 bits per heavy atom. The number of para-hydroxylation sites is 1. The number of hydrogen-bond donors (Lipinski definition) is 1. The SMILES string of the molecule is COc1ccc(OC)c(N(CC(=O)Nc2ccccc2C(C)C)C(C)=O)c1. The molecule has 0 heterocycles. The molecule has 6 heteroatoms. The first-order valence-corrected chi connectivity index (χ1v) is 8.76. The molecule has 0 aliphatic rings. The van der Waals surface area contributed by atoms with Crippen molar-refractivity contribution in [1.29, 1.82) is 0 Å². The molecular weight excluding hydrogens is 344 g/mol. The van der Waals surface area contributed by atoms with Gasteiger partial charge in [0.1, 0.15) is 18.0 Å². The summed E-state index contributed by atoms with van der Waals surface area (Å²) < 4.78 is 10.6. The van der Waals surface area contributed by atoms with Crippen molar-refractivity contribution in [3.8, 4) is 11.5 Å². The molecule has 0 radical (unpaired) electrons. The first kappa shape index (κ1) is 20.3. The van der Waals surface area contributed by atoms with Crippen molar-refractivity contribution in [3.05, 3.63) is 48.0 Å². The molecular formula is C21H26N2O4. The van der Waals surface area contributed by atoms with E-state index < -0.39 is 0 Å². The molecule has 6 nitrogen and oxygen atoms in total. The Morgan fingerprint density at radius 3 is 2.37 bits per heavy atom. The average molecular weight is 370 g/mol. The van der Waals surface area contributed by atoms with Crippen LogP contribution in [-0.2, 0) is 9.59 Å². The lowest BCUT2D eigenvalue weighted by molar-refractivity contribution is -0.120. The summed E-state index contributed by atoms with van der Waals surface area (Å²) in [5.74, 6) is 0.768. The summed E-state index contributed by atoms with van der Waals surface area (Å²) in [5.41, 5.74) is 2.27. The Hall–Kier alpha value is -3.02. The first-order valence-electron chi connectivity index (χ1n) is 8.76. The smallest absolute Gasteiger partial charge is 0.244 e. The van der Waals surface area contributed by atoms with Gasteiger partial charge in [-0.25, -0.2) is 0 Å². The van der Waals surface area contributed by atoms with Crippen molar-refractivity contribution in [3.63, 3.8) is 0 Å². The van der Waals surface area contributed by atoms with Gasteiger partial charge in [0.15, 0.2) is 0 Å². The van der Waals surface area contributed by atoms with Crippen LogP contribution in [0.15, 0.2) is 42.5 Å². The summed E-state index contributed by atoms with van der Waals surface area (Å²) in [6.07, 6.45) is 0. The lowest BCUT2D eigenvalue weighted by Gasteiger charge is -2.24. The standard InChI is InChI=1S/C21H26N2O4/c1-14(2)17-8-6-7-9-18(17)22-21(25)13-23(15(3)24)19-12-16(26-4)10-11-20(19)27-5/h6-12,14H,13H2,1-5H3,(H,22,25). The molecule has 0 atom stereocenters. The summed E-state index contributed by atoms with van der Waals surface area (Å²) in [7, 11) is 3.06. The average Bonchev–Trinajstić information content (AvgIpc) is 2.65. The third-order valence-corrected chi connectivity index (χ3v) is 4.22. The fourth-order valence-electron chi connectivity index (χ4n) is 2.82. The van der Waals surface area contributed by atoms with E-state index >= 15 is 0 Å². The normalized spacial score (nSPS) is 10.4. The van der Waals surface area contributed by atoms with Crippen molar-refractivity contribution < 1.29 is 19.1 Å². The number of carbonyl (C=O) groups is 2. The van der Waals surface area contributed by atoms with Crippen LogP contribution in [0.5, 0.6) is 11.5 Å².